The van der Waals surface area contributed by atoms with Gasteiger partial charge >= 0.3 is 5.97 Å². The SMILES string of the molecule is COC(=O)c1cc(-c2cnc(NCc3cccc(C)c3)nc2)cc(OC2CCCC2)c1Cl. The molecule has 1 aromatic heterocycles. The van der Waals surface area contributed by atoms with Gasteiger partial charge in [-0.1, -0.05) is 41.4 Å². The summed E-state index contributed by atoms with van der Waals surface area (Å²) in [6.45, 7) is 2.70. The zero-order valence-electron chi connectivity index (χ0n) is 18.2. The number of methoxy groups -OCH3 is 1. The number of nitrogens with zero attached hydrogens (tertiary/aromatic N) is 2. The van der Waals surface area contributed by atoms with Gasteiger partial charge in [0, 0.05) is 24.5 Å². The molecule has 0 radical (unpaired) electrons. The zero-order valence-corrected chi connectivity index (χ0v) is 19.0. The number of ether oxygens (including phenoxy) is 2. The molecule has 0 bridgehead atoms. The quantitative estimate of drug-likeness (QED) is 0.456. The molecule has 6 nitrogen and oxygen atoms in total. The summed E-state index contributed by atoms with van der Waals surface area (Å²) in [5.74, 6) is 0.503. The van der Waals surface area contributed by atoms with Gasteiger partial charge in [-0.15, -0.1) is 0 Å². The van der Waals surface area contributed by atoms with Crippen LogP contribution in [0.25, 0.3) is 11.1 Å². The van der Waals surface area contributed by atoms with Crippen LogP contribution in [0.4, 0.5) is 5.95 Å². The van der Waals surface area contributed by atoms with Gasteiger partial charge in [0.15, 0.2) is 0 Å². The number of benzene rings is 2. The molecular weight excluding hydrogens is 426 g/mol. The van der Waals surface area contributed by atoms with Crippen molar-refractivity contribution < 1.29 is 14.3 Å². The summed E-state index contributed by atoms with van der Waals surface area (Å²) in [6, 6.07) is 11.8. The minimum Gasteiger partial charge on any atom is -0.489 e. The molecular formula is C25H26ClN3O3. The lowest BCUT2D eigenvalue weighted by Gasteiger charge is -2.17. The third kappa shape index (κ3) is 5.19. The number of rotatable bonds is 7. The smallest absolute Gasteiger partial charge is 0.339 e. The highest BCUT2D eigenvalue weighted by Gasteiger charge is 2.22. The van der Waals surface area contributed by atoms with E-state index >= 15 is 0 Å². The number of nitrogens with one attached hydrogen (secondary N) is 1. The molecule has 7 heteroatoms. The first kappa shape index (κ1) is 22.1. The minimum absolute atomic E-state index is 0.109. The topological polar surface area (TPSA) is 73.3 Å². The van der Waals surface area contributed by atoms with Gasteiger partial charge in [-0.25, -0.2) is 14.8 Å². The minimum atomic E-state index is -0.509. The number of hydrogen-bond acceptors (Lipinski definition) is 6. The van der Waals surface area contributed by atoms with Gasteiger partial charge in [-0.2, -0.15) is 0 Å². The van der Waals surface area contributed by atoms with E-state index in [9.17, 15) is 4.79 Å². The summed E-state index contributed by atoms with van der Waals surface area (Å²) < 4.78 is 11.0. The summed E-state index contributed by atoms with van der Waals surface area (Å²) in [7, 11) is 1.33. The van der Waals surface area contributed by atoms with Crippen molar-refractivity contribution in [1.29, 1.82) is 0 Å². The maximum atomic E-state index is 12.3. The van der Waals surface area contributed by atoms with Crippen molar-refractivity contribution in [3.63, 3.8) is 0 Å². The van der Waals surface area contributed by atoms with Crippen LogP contribution < -0.4 is 10.1 Å². The van der Waals surface area contributed by atoms with E-state index in [0.717, 1.165) is 42.4 Å². The molecule has 1 fully saturated rings. The Kier molecular flexibility index (Phi) is 6.90. The van der Waals surface area contributed by atoms with Crippen LogP contribution in [0, 0.1) is 6.92 Å². The van der Waals surface area contributed by atoms with Crippen molar-refractivity contribution in [2.24, 2.45) is 0 Å². The number of carbonyl (C=O) groups is 1. The molecule has 0 aliphatic heterocycles. The molecule has 32 heavy (non-hydrogen) atoms. The van der Waals surface area contributed by atoms with E-state index < -0.39 is 5.97 Å². The summed E-state index contributed by atoms with van der Waals surface area (Å²) in [5, 5.41) is 3.50. The molecule has 0 saturated heterocycles. The highest BCUT2D eigenvalue weighted by molar-refractivity contribution is 6.35. The molecule has 1 saturated carbocycles. The summed E-state index contributed by atoms with van der Waals surface area (Å²) in [4.78, 5) is 21.2. The first-order valence-corrected chi connectivity index (χ1v) is 11.1. The Labute approximate surface area is 193 Å². The average molecular weight is 452 g/mol. The second-order valence-electron chi connectivity index (χ2n) is 7.99. The predicted molar refractivity (Wildman–Crippen MR) is 125 cm³/mol. The van der Waals surface area contributed by atoms with E-state index in [2.05, 4.69) is 40.4 Å². The zero-order chi connectivity index (χ0) is 22.5. The molecule has 0 unspecified atom stereocenters. The lowest BCUT2D eigenvalue weighted by molar-refractivity contribution is 0.0600. The third-order valence-electron chi connectivity index (χ3n) is 5.56. The molecule has 0 spiro atoms. The van der Waals surface area contributed by atoms with Crippen molar-refractivity contribution in [3.05, 3.63) is 70.5 Å². The van der Waals surface area contributed by atoms with E-state index in [0.29, 0.717) is 18.2 Å². The van der Waals surface area contributed by atoms with Crippen LogP contribution in [-0.4, -0.2) is 29.2 Å². The lowest BCUT2D eigenvalue weighted by atomic mass is 10.0. The molecule has 0 amide bonds. The Morgan fingerprint density at radius 2 is 1.88 bits per heavy atom. The summed E-state index contributed by atoms with van der Waals surface area (Å²) in [6.07, 6.45) is 7.78. The molecule has 3 aromatic rings. The van der Waals surface area contributed by atoms with Crippen molar-refractivity contribution in [1.82, 2.24) is 9.97 Å². The monoisotopic (exact) mass is 451 g/mol. The van der Waals surface area contributed by atoms with Crippen LogP contribution in [0.15, 0.2) is 48.8 Å². The fraction of sp³-hybridized carbons (Fsp3) is 0.320. The highest BCUT2D eigenvalue weighted by atomic mass is 35.5. The summed E-state index contributed by atoms with van der Waals surface area (Å²) >= 11 is 6.49. The maximum absolute atomic E-state index is 12.3. The van der Waals surface area contributed by atoms with Gasteiger partial charge in [0.1, 0.15) is 5.75 Å². The third-order valence-corrected chi connectivity index (χ3v) is 5.95. The van der Waals surface area contributed by atoms with E-state index in [1.54, 1.807) is 18.5 Å². The molecule has 2 aromatic carbocycles. The average Bonchev–Trinajstić information content (AvgIpc) is 3.32. The second-order valence-corrected chi connectivity index (χ2v) is 8.37. The van der Waals surface area contributed by atoms with Crippen LogP contribution >= 0.6 is 11.6 Å². The summed E-state index contributed by atoms with van der Waals surface area (Å²) in [5.41, 5.74) is 4.13. The van der Waals surface area contributed by atoms with Gasteiger partial charge in [0.25, 0.3) is 0 Å². The Morgan fingerprint density at radius 1 is 1.12 bits per heavy atom. The number of hydrogen-bond donors (Lipinski definition) is 1. The molecule has 0 atom stereocenters. The Bertz CT molecular complexity index is 1100. The number of carbonyl (C=O) groups excluding carboxylic acids is 1. The van der Waals surface area contributed by atoms with Crippen LogP contribution in [0.1, 0.15) is 47.2 Å². The van der Waals surface area contributed by atoms with Gasteiger partial charge in [0.05, 0.1) is 23.8 Å². The van der Waals surface area contributed by atoms with E-state index in [4.69, 9.17) is 21.1 Å². The number of esters is 1. The van der Waals surface area contributed by atoms with Gasteiger partial charge in [-0.3, -0.25) is 0 Å². The molecule has 1 N–H and O–H groups in total. The van der Waals surface area contributed by atoms with Gasteiger partial charge < -0.3 is 14.8 Å². The fourth-order valence-corrected chi connectivity index (χ4v) is 4.10. The van der Waals surface area contributed by atoms with Gasteiger partial charge in [0.2, 0.25) is 5.95 Å². The van der Waals surface area contributed by atoms with Gasteiger partial charge in [-0.05, 0) is 55.9 Å². The Morgan fingerprint density at radius 3 is 2.56 bits per heavy atom. The van der Waals surface area contributed by atoms with E-state index in [1.807, 2.05) is 12.1 Å². The number of aromatic nitrogens is 2. The fourth-order valence-electron chi connectivity index (χ4n) is 3.87. The van der Waals surface area contributed by atoms with Crippen LogP contribution in [0.5, 0.6) is 5.75 Å². The first-order chi connectivity index (χ1) is 15.5. The number of aryl methyl sites for hydroxylation is 1. The molecule has 1 aliphatic rings. The first-order valence-electron chi connectivity index (χ1n) is 10.7. The largest absolute Gasteiger partial charge is 0.489 e. The molecule has 1 aliphatic carbocycles. The van der Waals surface area contributed by atoms with Crippen molar-refractivity contribution in [2.45, 2.75) is 45.3 Å². The highest BCUT2D eigenvalue weighted by Crippen LogP contribution is 2.37. The van der Waals surface area contributed by atoms with E-state index in [1.165, 1.54) is 12.7 Å². The van der Waals surface area contributed by atoms with Crippen LogP contribution in [-0.2, 0) is 11.3 Å². The second kappa shape index (κ2) is 10.0. The Hall–Kier alpha value is -3.12. The van der Waals surface area contributed by atoms with Crippen molar-refractivity contribution >= 4 is 23.5 Å². The van der Waals surface area contributed by atoms with Crippen molar-refractivity contribution in [2.75, 3.05) is 12.4 Å². The van der Waals surface area contributed by atoms with Crippen LogP contribution in [0.3, 0.4) is 0 Å². The Balaban J connectivity index is 1.56. The normalized spacial score (nSPS) is 13.7. The lowest BCUT2D eigenvalue weighted by Crippen LogP contribution is -2.12. The van der Waals surface area contributed by atoms with Crippen LogP contribution in [0.2, 0.25) is 5.02 Å². The van der Waals surface area contributed by atoms with Crippen molar-refractivity contribution in [3.8, 4) is 16.9 Å². The number of anilines is 1. The standard InChI is InChI=1S/C25H26ClN3O3/c1-16-6-5-7-17(10-16)13-27-25-28-14-19(15-29-25)18-11-21(24(30)31-2)23(26)22(12-18)32-20-8-3-4-9-20/h5-7,10-12,14-15,20H,3-4,8-9,13H2,1-2H3,(H,27,28,29). The predicted octanol–water partition coefficient (Wildman–Crippen LogP) is 5.83. The molecule has 166 valence electrons. The number of halogens is 1. The molecule has 4 rings (SSSR count). The van der Waals surface area contributed by atoms with E-state index in [-0.39, 0.29) is 16.7 Å². The maximum Gasteiger partial charge on any atom is 0.339 e. The molecule has 1 heterocycles.